The summed E-state index contributed by atoms with van der Waals surface area (Å²) in [6, 6.07) is 0. The predicted molar refractivity (Wildman–Crippen MR) is 60.0 cm³/mol. The second kappa shape index (κ2) is 3.45. The molecule has 0 bridgehead atoms. The van der Waals surface area contributed by atoms with Gasteiger partial charge in [0.25, 0.3) is 0 Å². The molecular formula is C12H16N2. The van der Waals surface area contributed by atoms with Crippen molar-refractivity contribution in [1.82, 2.24) is 4.90 Å². The summed E-state index contributed by atoms with van der Waals surface area (Å²) in [4.78, 5) is 6.81. The van der Waals surface area contributed by atoms with Crippen molar-refractivity contribution in [3.8, 4) is 0 Å². The molecule has 0 unspecified atom stereocenters. The fourth-order valence-corrected chi connectivity index (χ4v) is 1.79. The quantitative estimate of drug-likeness (QED) is 0.617. The zero-order chi connectivity index (χ0) is 10.1. The molecule has 2 aliphatic rings. The highest BCUT2D eigenvalue weighted by Gasteiger charge is 2.17. The maximum atomic E-state index is 4.60. The van der Waals surface area contributed by atoms with Crippen LogP contribution in [0.15, 0.2) is 40.2 Å². The van der Waals surface area contributed by atoms with E-state index < -0.39 is 0 Å². The number of allylic oxidation sites excluding steroid dienone is 3. The van der Waals surface area contributed by atoms with Crippen LogP contribution in [-0.2, 0) is 0 Å². The molecule has 2 heteroatoms. The summed E-state index contributed by atoms with van der Waals surface area (Å²) >= 11 is 0. The van der Waals surface area contributed by atoms with Crippen LogP contribution in [0.4, 0.5) is 0 Å². The van der Waals surface area contributed by atoms with E-state index in [0.29, 0.717) is 0 Å². The molecule has 2 heterocycles. The second-order valence-electron chi connectivity index (χ2n) is 3.84. The molecule has 0 aromatic rings. The van der Waals surface area contributed by atoms with Crippen LogP contribution >= 0.6 is 0 Å². The summed E-state index contributed by atoms with van der Waals surface area (Å²) in [6.07, 6.45) is 7.48. The Balaban J connectivity index is 2.36. The Bertz CT molecular complexity index is 370. The van der Waals surface area contributed by atoms with Crippen LogP contribution in [0.5, 0.6) is 0 Å². The van der Waals surface area contributed by atoms with E-state index in [1.54, 1.807) is 0 Å². The molecule has 2 aliphatic heterocycles. The Kier molecular flexibility index (Phi) is 2.28. The first-order valence-corrected chi connectivity index (χ1v) is 5.11. The van der Waals surface area contributed by atoms with Gasteiger partial charge in [0.05, 0.1) is 0 Å². The van der Waals surface area contributed by atoms with E-state index >= 15 is 0 Å². The van der Waals surface area contributed by atoms with Crippen molar-refractivity contribution in [2.45, 2.75) is 27.2 Å². The zero-order valence-corrected chi connectivity index (χ0v) is 9.04. The lowest BCUT2D eigenvalue weighted by atomic mass is 10.1. The van der Waals surface area contributed by atoms with Crippen molar-refractivity contribution in [2.24, 2.45) is 4.99 Å². The minimum atomic E-state index is 1.00. The Hall–Kier alpha value is -1.31. The Morgan fingerprint density at radius 2 is 2.21 bits per heavy atom. The summed E-state index contributed by atoms with van der Waals surface area (Å²) in [5.41, 5.74) is 3.90. The van der Waals surface area contributed by atoms with Crippen molar-refractivity contribution in [3.05, 3.63) is 35.2 Å². The number of fused-ring (bicyclic) bond motifs is 1. The van der Waals surface area contributed by atoms with E-state index in [-0.39, 0.29) is 0 Å². The van der Waals surface area contributed by atoms with E-state index in [9.17, 15) is 0 Å². The van der Waals surface area contributed by atoms with Gasteiger partial charge in [-0.15, -0.1) is 0 Å². The monoisotopic (exact) mass is 188 g/mol. The maximum Gasteiger partial charge on any atom is 0.133 e. The fraction of sp³-hybridized carbons (Fsp3) is 0.417. The summed E-state index contributed by atoms with van der Waals surface area (Å²) in [7, 11) is 0. The molecule has 2 nitrogen and oxygen atoms in total. The molecule has 0 amide bonds. The van der Waals surface area contributed by atoms with E-state index in [0.717, 1.165) is 18.8 Å². The zero-order valence-electron chi connectivity index (χ0n) is 9.04. The standard InChI is InChI=1S/C12H16N2/c1-4-11-8-14-6-5-9(2)7-12(14)13-10(11)3/h5-7H,4,8H2,1-3H3. The lowest BCUT2D eigenvalue weighted by Gasteiger charge is -2.29. The third-order valence-electron chi connectivity index (χ3n) is 2.75. The van der Waals surface area contributed by atoms with Gasteiger partial charge in [-0.25, -0.2) is 4.99 Å². The summed E-state index contributed by atoms with van der Waals surface area (Å²) in [5, 5.41) is 0. The predicted octanol–water partition coefficient (Wildman–Crippen LogP) is 2.86. The molecule has 0 aromatic carbocycles. The van der Waals surface area contributed by atoms with Crippen molar-refractivity contribution in [2.75, 3.05) is 6.54 Å². The molecule has 74 valence electrons. The molecule has 0 N–H and O–H groups in total. The van der Waals surface area contributed by atoms with Gasteiger partial charge in [-0.2, -0.15) is 0 Å². The number of aliphatic imine (C=N–C) groups is 1. The lowest BCUT2D eigenvalue weighted by Crippen LogP contribution is -2.31. The van der Waals surface area contributed by atoms with Gasteiger partial charge in [0.15, 0.2) is 0 Å². The van der Waals surface area contributed by atoms with Gasteiger partial charge in [-0.05, 0) is 43.6 Å². The van der Waals surface area contributed by atoms with Gasteiger partial charge in [0, 0.05) is 18.4 Å². The number of hydrogen-bond acceptors (Lipinski definition) is 2. The third kappa shape index (κ3) is 1.52. The van der Waals surface area contributed by atoms with E-state index in [4.69, 9.17) is 0 Å². The SMILES string of the molecule is CCC1=C(C)N=C2C=C(C)C=CN2C1. The molecule has 0 aromatic heterocycles. The summed E-state index contributed by atoms with van der Waals surface area (Å²) in [6.45, 7) is 7.39. The average molecular weight is 188 g/mol. The van der Waals surface area contributed by atoms with Crippen molar-refractivity contribution in [3.63, 3.8) is 0 Å². The van der Waals surface area contributed by atoms with Gasteiger partial charge in [0.1, 0.15) is 5.84 Å². The molecule has 0 atom stereocenters. The number of amidine groups is 1. The number of nitrogens with zero attached hydrogens (tertiary/aromatic N) is 2. The molecule has 0 saturated carbocycles. The van der Waals surface area contributed by atoms with E-state index in [1.807, 2.05) is 0 Å². The Morgan fingerprint density at radius 3 is 2.93 bits per heavy atom. The van der Waals surface area contributed by atoms with Crippen LogP contribution in [0.1, 0.15) is 27.2 Å². The molecule has 0 fully saturated rings. The first kappa shape index (κ1) is 9.25. The molecule has 0 saturated heterocycles. The summed E-state index contributed by atoms with van der Waals surface area (Å²) in [5.74, 6) is 1.08. The van der Waals surface area contributed by atoms with Crippen molar-refractivity contribution >= 4 is 5.84 Å². The van der Waals surface area contributed by atoms with Crippen LogP contribution in [-0.4, -0.2) is 17.3 Å². The summed E-state index contributed by atoms with van der Waals surface area (Å²) < 4.78 is 0. The smallest absolute Gasteiger partial charge is 0.133 e. The van der Waals surface area contributed by atoms with Gasteiger partial charge in [-0.3, -0.25) is 0 Å². The van der Waals surface area contributed by atoms with Crippen molar-refractivity contribution in [1.29, 1.82) is 0 Å². The topological polar surface area (TPSA) is 15.6 Å². The fourth-order valence-electron chi connectivity index (χ4n) is 1.79. The highest BCUT2D eigenvalue weighted by molar-refractivity contribution is 5.97. The highest BCUT2D eigenvalue weighted by Crippen LogP contribution is 2.21. The number of rotatable bonds is 1. The lowest BCUT2D eigenvalue weighted by molar-refractivity contribution is 0.575. The Labute approximate surface area is 85.3 Å². The molecule has 0 spiro atoms. The molecule has 0 radical (unpaired) electrons. The third-order valence-corrected chi connectivity index (χ3v) is 2.75. The normalized spacial score (nSPS) is 20.6. The maximum absolute atomic E-state index is 4.60. The largest absolute Gasteiger partial charge is 0.329 e. The Morgan fingerprint density at radius 1 is 1.43 bits per heavy atom. The minimum Gasteiger partial charge on any atom is -0.329 e. The van der Waals surface area contributed by atoms with Gasteiger partial charge < -0.3 is 4.90 Å². The van der Waals surface area contributed by atoms with Crippen LogP contribution in [0.25, 0.3) is 0 Å². The molecule has 14 heavy (non-hydrogen) atoms. The van der Waals surface area contributed by atoms with Gasteiger partial charge in [0.2, 0.25) is 0 Å². The van der Waals surface area contributed by atoms with Crippen LogP contribution in [0.3, 0.4) is 0 Å². The first-order valence-electron chi connectivity index (χ1n) is 5.11. The highest BCUT2D eigenvalue weighted by atomic mass is 15.2. The van der Waals surface area contributed by atoms with Crippen molar-refractivity contribution < 1.29 is 0 Å². The van der Waals surface area contributed by atoms with E-state index in [2.05, 4.69) is 49.0 Å². The second-order valence-corrected chi connectivity index (χ2v) is 3.84. The van der Waals surface area contributed by atoms with E-state index in [1.165, 1.54) is 16.8 Å². The van der Waals surface area contributed by atoms with Crippen LogP contribution in [0, 0.1) is 0 Å². The molecule has 0 aliphatic carbocycles. The van der Waals surface area contributed by atoms with Crippen LogP contribution < -0.4 is 0 Å². The molecular weight excluding hydrogens is 172 g/mol. The average Bonchev–Trinajstić information content (AvgIpc) is 2.16. The molecule has 2 rings (SSSR count). The van der Waals surface area contributed by atoms with Gasteiger partial charge >= 0.3 is 0 Å². The number of hydrogen-bond donors (Lipinski definition) is 0. The first-order chi connectivity index (χ1) is 6.70. The van der Waals surface area contributed by atoms with Crippen LogP contribution in [0.2, 0.25) is 0 Å². The minimum absolute atomic E-state index is 1.00. The van der Waals surface area contributed by atoms with Gasteiger partial charge in [-0.1, -0.05) is 6.92 Å².